The van der Waals surface area contributed by atoms with E-state index in [1.807, 2.05) is 24.3 Å². The minimum atomic E-state index is 0.724. The van der Waals surface area contributed by atoms with Crippen molar-refractivity contribution in [2.45, 2.75) is 19.9 Å². The molecule has 0 unspecified atom stereocenters. The van der Waals surface area contributed by atoms with E-state index in [0.717, 1.165) is 40.4 Å². The zero-order chi connectivity index (χ0) is 17.2. The van der Waals surface area contributed by atoms with Crippen molar-refractivity contribution in [1.29, 1.82) is 0 Å². The third-order valence-electron chi connectivity index (χ3n) is 4.63. The Hall–Kier alpha value is -2.58. The predicted molar refractivity (Wildman–Crippen MR) is 104 cm³/mol. The number of hydrogen-bond acceptors (Lipinski definition) is 1. The first-order valence-corrected chi connectivity index (χ1v) is 8.82. The summed E-state index contributed by atoms with van der Waals surface area (Å²) in [5.41, 5.74) is 5.87. The predicted octanol–water partition coefficient (Wildman–Crippen LogP) is 5.64. The topological polar surface area (TPSA) is 17.8 Å². The molecule has 2 nitrogen and oxygen atoms in total. The average molecular weight is 347 g/mol. The van der Waals surface area contributed by atoms with Gasteiger partial charge in [-0.05, 0) is 41.8 Å². The van der Waals surface area contributed by atoms with Crippen molar-refractivity contribution in [3.8, 4) is 0 Å². The van der Waals surface area contributed by atoms with Gasteiger partial charge in [-0.25, -0.2) is 4.98 Å². The minimum absolute atomic E-state index is 0.724. The van der Waals surface area contributed by atoms with E-state index < -0.39 is 0 Å². The van der Waals surface area contributed by atoms with E-state index in [2.05, 4.69) is 60.0 Å². The van der Waals surface area contributed by atoms with Crippen LogP contribution in [-0.4, -0.2) is 9.55 Å². The van der Waals surface area contributed by atoms with Gasteiger partial charge in [-0.3, -0.25) is 0 Å². The van der Waals surface area contributed by atoms with E-state index in [1.165, 1.54) is 11.1 Å². The fourth-order valence-electron chi connectivity index (χ4n) is 3.21. The molecule has 0 bridgehead atoms. The molecule has 1 aromatic heterocycles. The summed E-state index contributed by atoms with van der Waals surface area (Å²) in [6.45, 7) is 2.87. The van der Waals surface area contributed by atoms with Gasteiger partial charge in [0.05, 0.1) is 17.6 Å². The van der Waals surface area contributed by atoms with Gasteiger partial charge in [-0.2, -0.15) is 0 Å². The molecule has 0 aliphatic heterocycles. The van der Waals surface area contributed by atoms with E-state index in [9.17, 15) is 0 Å². The molecule has 0 radical (unpaired) electrons. The molecule has 0 aliphatic carbocycles. The molecule has 0 aliphatic rings. The lowest BCUT2D eigenvalue weighted by Gasteiger charge is -2.12. The maximum atomic E-state index is 6.40. The SMILES string of the molecule is Cc1ccccc1Cc1nc2ccccc2n1Cc1ccccc1Cl. The van der Waals surface area contributed by atoms with Crippen LogP contribution in [0.25, 0.3) is 11.0 Å². The second-order valence-corrected chi connectivity index (χ2v) is 6.70. The van der Waals surface area contributed by atoms with E-state index in [-0.39, 0.29) is 0 Å². The molecule has 4 rings (SSSR count). The van der Waals surface area contributed by atoms with Gasteiger partial charge in [0.15, 0.2) is 0 Å². The van der Waals surface area contributed by atoms with Crippen LogP contribution in [0.2, 0.25) is 5.02 Å². The Morgan fingerprint density at radius 2 is 1.52 bits per heavy atom. The summed E-state index contributed by atoms with van der Waals surface area (Å²) in [5, 5.41) is 0.794. The maximum absolute atomic E-state index is 6.40. The number of hydrogen-bond donors (Lipinski definition) is 0. The van der Waals surface area contributed by atoms with Crippen molar-refractivity contribution in [2.24, 2.45) is 0 Å². The van der Waals surface area contributed by atoms with Crippen molar-refractivity contribution in [3.05, 3.63) is 100 Å². The highest BCUT2D eigenvalue weighted by atomic mass is 35.5. The van der Waals surface area contributed by atoms with Gasteiger partial charge in [0, 0.05) is 11.4 Å². The summed E-state index contributed by atoms with van der Waals surface area (Å²) in [7, 11) is 0. The van der Waals surface area contributed by atoms with Gasteiger partial charge in [0.1, 0.15) is 5.82 Å². The van der Waals surface area contributed by atoms with Crippen molar-refractivity contribution >= 4 is 22.6 Å². The summed E-state index contributed by atoms with van der Waals surface area (Å²) < 4.78 is 2.28. The average Bonchev–Trinajstić information content (AvgIpc) is 2.96. The summed E-state index contributed by atoms with van der Waals surface area (Å²) in [6, 6.07) is 24.8. The fourth-order valence-corrected chi connectivity index (χ4v) is 3.41. The van der Waals surface area contributed by atoms with Crippen LogP contribution in [0.4, 0.5) is 0 Å². The fraction of sp³-hybridized carbons (Fsp3) is 0.136. The second kappa shape index (κ2) is 6.73. The number of benzene rings is 3. The summed E-state index contributed by atoms with van der Waals surface area (Å²) in [5.74, 6) is 1.07. The van der Waals surface area contributed by atoms with Crippen molar-refractivity contribution in [1.82, 2.24) is 9.55 Å². The van der Waals surface area contributed by atoms with Crippen LogP contribution in [0.5, 0.6) is 0 Å². The molecule has 0 saturated carbocycles. The third-order valence-corrected chi connectivity index (χ3v) is 5.00. The van der Waals surface area contributed by atoms with Crippen LogP contribution in [0, 0.1) is 6.92 Å². The molecule has 25 heavy (non-hydrogen) atoms. The standard InChI is InChI=1S/C22H19ClN2/c1-16-8-2-3-9-17(16)14-22-24-20-12-6-7-13-21(20)25(22)15-18-10-4-5-11-19(18)23/h2-13H,14-15H2,1H3. The monoisotopic (exact) mass is 346 g/mol. The molecule has 0 atom stereocenters. The van der Waals surface area contributed by atoms with E-state index in [0.29, 0.717) is 0 Å². The lowest BCUT2D eigenvalue weighted by Crippen LogP contribution is -2.07. The smallest absolute Gasteiger partial charge is 0.114 e. The van der Waals surface area contributed by atoms with Gasteiger partial charge in [0.25, 0.3) is 0 Å². The lowest BCUT2D eigenvalue weighted by atomic mass is 10.1. The minimum Gasteiger partial charge on any atom is -0.323 e. The van der Waals surface area contributed by atoms with E-state index >= 15 is 0 Å². The first-order valence-electron chi connectivity index (χ1n) is 8.44. The Morgan fingerprint density at radius 3 is 2.32 bits per heavy atom. The summed E-state index contributed by atoms with van der Waals surface area (Å²) in [4.78, 5) is 4.89. The van der Waals surface area contributed by atoms with Gasteiger partial charge >= 0.3 is 0 Å². The molecular formula is C22H19ClN2. The zero-order valence-corrected chi connectivity index (χ0v) is 14.9. The molecule has 0 spiro atoms. The number of imidazole rings is 1. The number of aryl methyl sites for hydroxylation is 1. The zero-order valence-electron chi connectivity index (χ0n) is 14.1. The Labute approximate surface area is 152 Å². The molecule has 0 amide bonds. The molecule has 0 fully saturated rings. The maximum Gasteiger partial charge on any atom is 0.114 e. The van der Waals surface area contributed by atoms with Crippen LogP contribution < -0.4 is 0 Å². The van der Waals surface area contributed by atoms with Crippen molar-refractivity contribution < 1.29 is 0 Å². The third kappa shape index (κ3) is 3.18. The van der Waals surface area contributed by atoms with E-state index in [1.54, 1.807) is 0 Å². The Bertz CT molecular complexity index is 1030. The molecule has 3 aromatic carbocycles. The summed E-state index contributed by atoms with van der Waals surface area (Å²) >= 11 is 6.40. The van der Waals surface area contributed by atoms with Gasteiger partial charge in [-0.15, -0.1) is 0 Å². The number of fused-ring (bicyclic) bond motifs is 1. The first-order chi connectivity index (χ1) is 12.2. The Kier molecular flexibility index (Phi) is 4.29. The van der Waals surface area contributed by atoms with Crippen LogP contribution in [0.1, 0.15) is 22.5 Å². The van der Waals surface area contributed by atoms with Gasteiger partial charge < -0.3 is 4.57 Å². The molecule has 1 heterocycles. The van der Waals surface area contributed by atoms with Gasteiger partial charge in [-0.1, -0.05) is 66.2 Å². The number of aromatic nitrogens is 2. The molecule has 0 saturated heterocycles. The molecule has 4 aromatic rings. The second-order valence-electron chi connectivity index (χ2n) is 6.30. The van der Waals surface area contributed by atoms with Crippen molar-refractivity contribution in [3.63, 3.8) is 0 Å². The van der Waals surface area contributed by atoms with E-state index in [4.69, 9.17) is 16.6 Å². The van der Waals surface area contributed by atoms with Crippen LogP contribution in [0.3, 0.4) is 0 Å². The Morgan fingerprint density at radius 1 is 0.840 bits per heavy atom. The van der Waals surface area contributed by atoms with Crippen LogP contribution >= 0.6 is 11.6 Å². The highest BCUT2D eigenvalue weighted by Crippen LogP contribution is 2.23. The number of rotatable bonds is 4. The van der Waals surface area contributed by atoms with Crippen LogP contribution in [-0.2, 0) is 13.0 Å². The number of para-hydroxylation sites is 2. The van der Waals surface area contributed by atoms with Gasteiger partial charge in [0.2, 0.25) is 0 Å². The Balaban J connectivity index is 1.81. The molecule has 3 heteroatoms. The lowest BCUT2D eigenvalue weighted by molar-refractivity contribution is 0.761. The molecule has 124 valence electrons. The first kappa shape index (κ1) is 15.9. The normalized spacial score (nSPS) is 11.1. The number of nitrogens with zero attached hydrogens (tertiary/aromatic N) is 2. The highest BCUT2D eigenvalue weighted by Gasteiger charge is 2.13. The summed E-state index contributed by atoms with van der Waals surface area (Å²) in [6.07, 6.45) is 0.811. The quantitative estimate of drug-likeness (QED) is 0.467. The largest absolute Gasteiger partial charge is 0.323 e. The van der Waals surface area contributed by atoms with Crippen LogP contribution in [0.15, 0.2) is 72.8 Å². The molecular weight excluding hydrogens is 328 g/mol. The van der Waals surface area contributed by atoms with Crippen molar-refractivity contribution in [2.75, 3.05) is 0 Å². The molecule has 0 N–H and O–H groups in total. The number of halogens is 1. The highest BCUT2D eigenvalue weighted by molar-refractivity contribution is 6.31.